The summed E-state index contributed by atoms with van der Waals surface area (Å²) in [4.78, 5) is 49.3. The van der Waals surface area contributed by atoms with Gasteiger partial charge >= 0.3 is 18.2 Å². The summed E-state index contributed by atoms with van der Waals surface area (Å²) in [5, 5.41) is 7.42. The molecule has 40 heavy (non-hydrogen) atoms. The first-order valence-electron chi connectivity index (χ1n) is 12.6. The van der Waals surface area contributed by atoms with Crippen molar-refractivity contribution in [2.45, 2.75) is 79.6 Å². The number of nitrogens with one attached hydrogen (secondary N) is 1. The SMILES string of the molecule is COC(=O)c1cnn2c(N(C(=O)OC(C)(C)C)C(=O)OC(C)(C)C)c(C)c(Nc3cccnc3OC(C)C)nc12. The van der Waals surface area contributed by atoms with Crippen molar-refractivity contribution in [2.24, 2.45) is 0 Å². The van der Waals surface area contributed by atoms with E-state index in [0.717, 1.165) is 4.90 Å². The summed E-state index contributed by atoms with van der Waals surface area (Å²) >= 11 is 0. The van der Waals surface area contributed by atoms with E-state index in [9.17, 15) is 14.4 Å². The number of carbonyl (C=O) groups is 3. The molecule has 13 nitrogen and oxygen atoms in total. The van der Waals surface area contributed by atoms with Crippen molar-refractivity contribution in [3.63, 3.8) is 0 Å². The van der Waals surface area contributed by atoms with Crippen LogP contribution >= 0.6 is 0 Å². The molecular formula is C27H36N6O7. The quantitative estimate of drug-likeness (QED) is 0.306. The summed E-state index contributed by atoms with van der Waals surface area (Å²) < 4.78 is 23.1. The van der Waals surface area contributed by atoms with Crippen molar-refractivity contribution in [3.05, 3.63) is 35.7 Å². The number of imide groups is 1. The first-order chi connectivity index (χ1) is 18.5. The highest BCUT2D eigenvalue weighted by atomic mass is 16.6. The predicted molar refractivity (Wildman–Crippen MR) is 147 cm³/mol. The molecule has 0 saturated heterocycles. The van der Waals surface area contributed by atoms with Gasteiger partial charge in [-0.2, -0.15) is 14.5 Å². The Labute approximate surface area is 232 Å². The van der Waals surface area contributed by atoms with E-state index >= 15 is 0 Å². The van der Waals surface area contributed by atoms with Gasteiger partial charge in [0.25, 0.3) is 0 Å². The Bertz CT molecular complexity index is 1390. The van der Waals surface area contributed by atoms with E-state index in [1.54, 1.807) is 66.8 Å². The summed E-state index contributed by atoms with van der Waals surface area (Å²) in [7, 11) is 1.22. The molecule has 0 spiro atoms. The lowest BCUT2D eigenvalue weighted by Gasteiger charge is -2.29. The largest absolute Gasteiger partial charge is 0.473 e. The second-order valence-electron chi connectivity index (χ2n) is 11.1. The number of hydrogen-bond donors (Lipinski definition) is 1. The Hall–Kier alpha value is -4.42. The van der Waals surface area contributed by atoms with Crippen molar-refractivity contribution < 1.29 is 33.3 Å². The molecule has 0 fully saturated rings. The minimum absolute atomic E-state index is 0.00460. The summed E-state index contributed by atoms with van der Waals surface area (Å²) in [6, 6.07) is 3.43. The van der Waals surface area contributed by atoms with Gasteiger partial charge in [-0.05, 0) is 74.4 Å². The topological polar surface area (TPSA) is 146 Å². The number of carbonyl (C=O) groups excluding carboxylic acids is 3. The van der Waals surface area contributed by atoms with Gasteiger partial charge in [0.2, 0.25) is 5.88 Å². The van der Waals surface area contributed by atoms with Gasteiger partial charge in [-0.15, -0.1) is 0 Å². The maximum absolute atomic E-state index is 13.5. The van der Waals surface area contributed by atoms with Gasteiger partial charge in [0.05, 0.1) is 19.4 Å². The van der Waals surface area contributed by atoms with Gasteiger partial charge in [0.1, 0.15) is 28.3 Å². The number of anilines is 3. The van der Waals surface area contributed by atoms with Crippen LogP contribution in [-0.4, -0.2) is 62.2 Å². The third-order valence-electron chi connectivity index (χ3n) is 4.99. The maximum Gasteiger partial charge on any atom is 0.425 e. The van der Waals surface area contributed by atoms with Gasteiger partial charge in [0, 0.05) is 11.8 Å². The van der Waals surface area contributed by atoms with Crippen LogP contribution in [0.15, 0.2) is 24.5 Å². The van der Waals surface area contributed by atoms with Crippen LogP contribution in [0.3, 0.4) is 0 Å². The fraction of sp³-hybridized carbons (Fsp3) is 0.481. The molecule has 2 amide bonds. The molecule has 0 aliphatic heterocycles. The minimum atomic E-state index is -1.01. The molecule has 3 rings (SSSR count). The lowest BCUT2D eigenvalue weighted by Crippen LogP contribution is -2.45. The van der Waals surface area contributed by atoms with Crippen LogP contribution in [0.5, 0.6) is 5.88 Å². The number of nitrogens with zero attached hydrogens (tertiary/aromatic N) is 5. The molecule has 1 N–H and O–H groups in total. The molecule has 0 radical (unpaired) electrons. The number of aromatic nitrogens is 4. The molecule has 0 unspecified atom stereocenters. The first kappa shape index (κ1) is 30.1. The molecule has 0 saturated carbocycles. The fourth-order valence-electron chi connectivity index (χ4n) is 3.49. The number of pyridine rings is 1. The van der Waals surface area contributed by atoms with Crippen molar-refractivity contribution in [2.75, 3.05) is 17.3 Å². The number of amides is 2. The van der Waals surface area contributed by atoms with Crippen LogP contribution in [0.25, 0.3) is 5.65 Å². The molecule has 13 heteroatoms. The summed E-state index contributed by atoms with van der Waals surface area (Å²) in [5.41, 5.74) is -1.10. The Morgan fingerprint density at radius 3 is 2.15 bits per heavy atom. The van der Waals surface area contributed by atoms with Crippen LogP contribution in [0, 0.1) is 6.92 Å². The van der Waals surface area contributed by atoms with Crippen molar-refractivity contribution >= 4 is 41.1 Å². The molecule has 3 heterocycles. The van der Waals surface area contributed by atoms with Gasteiger partial charge in [-0.25, -0.2) is 24.4 Å². The van der Waals surface area contributed by atoms with E-state index in [4.69, 9.17) is 18.9 Å². The zero-order chi connectivity index (χ0) is 30.0. The summed E-state index contributed by atoms with van der Waals surface area (Å²) in [5.74, 6) is -0.277. The van der Waals surface area contributed by atoms with Crippen LogP contribution in [0.1, 0.15) is 71.3 Å². The normalized spacial score (nSPS) is 11.8. The smallest absolute Gasteiger partial charge is 0.425 e. The van der Waals surface area contributed by atoms with Crippen molar-refractivity contribution in [1.82, 2.24) is 19.6 Å². The number of rotatable bonds is 6. The van der Waals surface area contributed by atoms with Crippen LogP contribution < -0.4 is 15.0 Å². The van der Waals surface area contributed by atoms with Crippen LogP contribution in [0.4, 0.5) is 26.9 Å². The van der Waals surface area contributed by atoms with Crippen molar-refractivity contribution in [1.29, 1.82) is 0 Å². The monoisotopic (exact) mass is 556 g/mol. The Morgan fingerprint density at radius 2 is 1.62 bits per heavy atom. The minimum Gasteiger partial charge on any atom is -0.473 e. The number of esters is 1. The lowest BCUT2D eigenvalue weighted by atomic mass is 10.2. The lowest BCUT2D eigenvalue weighted by molar-refractivity contribution is 0.0426. The highest BCUT2D eigenvalue weighted by molar-refractivity contribution is 6.10. The number of fused-ring (bicyclic) bond motifs is 1. The first-order valence-corrected chi connectivity index (χ1v) is 12.6. The average Bonchev–Trinajstić information content (AvgIpc) is 3.23. The summed E-state index contributed by atoms with van der Waals surface area (Å²) in [6.45, 7) is 15.4. The zero-order valence-corrected chi connectivity index (χ0v) is 24.5. The standard InChI is InChI=1S/C27H36N6O7/c1-15(2)38-21-18(12-11-13-28-21)30-19-16(3)22(33-20(31-19)17(14-29-33)23(34)37-10)32(24(35)39-26(4,5)6)25(36)40-27(7,8)9/h11-15H,1-10H3,(H,30,31). The molecule has 3 aromatic heterocycles. The number of methoxy groups -OCH3 is 1. The van der Waals surface area contributed by atoms with E-state index in [0.29, 0.717) is 17.1 Å². The fourth-order valence-corrected chi connectivity index (χ4v) is 3.49. The zero-order valence-electron chi connectivity index (χ0n) is 24.5. The second-order valence-corrected chi connectivity index (χ2v) is 11.1. The van der Waals surface area contributed by atoms with Gasteiger partial charge in [-0.1, -0.05) is 0 Å². The Kier molecular flexibility index (Phi) is 8.56. The third-order valence-corrected chi connectivity index (χ3v) is 4.99. The van der Waals surface area contributed by atoms with Gasteiger partial charge in [0.15, 0.2) is 11.5 Å². The van der Waals surface area contributed by atoms with E-state index in [1.165, 1.54) is 17.8 Å². The molecule has 0 bridgehead atoms. The third kappa shape index (κ3) is 6.96. The molecule has 0 aliphatic rings. The van der Waals surface area contributed by atoms with Crippen LogP contribution in [0.2, 0.25) is 0 Å². The maximum atomic E-state index is 13.5. The second kappa shape index (κ2) is 11.4. The highest BCUT2D eigenvalue weighted by Gasteiger charge is 2.37. The molecular weight excluding hydrogens is 520 g/mol. The van der Waals surface area contributed by atoms with Gasteiger partial charge < -0.3 is 24.3 Å². The predicted octanol–water partition coefficient (Wildman–Crippen LogP) is 5.43. The Morgan fingerprint density at radius 1 is 1.02 bits per heavy atom. The van der Waals surface area contributed by atoms with Crippen molar-refractivity contribution in [3.8, 4) is 5.88 Å². The molecule has 3 aromatic rings. The van der Waals surface area contributed by atoms with E-state index in [1.807, 2.05) is 13.8 Å². The van der Waals surface area contributed by atoms with E-state index in [-0.39, 0.29) is 29.0 Å². The van der Waals surface area contributed by atoms with E-state index < -0.39 is 29.4 Å². The van der Waals surface area contributed by atoms with Crippen LogP contribution in [-0.2, 0) is 14.2 Å². The molecule has 0 aromatic carbocycles. The number of ether oxygens (including phenoxy) is 4. The molecule has 216 valence electrons. The highest BCUT2D eigenvalue weighted by Crippen LogP contribution is 2.34. The molecule has 0 atom stereocenters. The summed E-state index contributed by atoms with van der Waals surface area (Å²) in [6.07, 6.45) is 0.628. The Balaban J connectivity index is 2.33. The van der Waals surface area contributed by atoms with E-state index in [2.05, 4.69) is 20.4 Å². The van der Waals surface area contributed by atoms with Gasteiger partial charge in [-0.3, -0.25) is 0 Å². The molecule has 0 aliphatic carbocycles. The number of hydrogen-bond acceptors (Lipinski definition) is 11. The average molecular weight is 557 g/mol.